The Kier molecular flexibility index (Phi) is 5.75. The first-order chi connectivity index (χ1) is 10.1. The van der Waals surface area contributed by atoms with E-state index in [2.05, 4.69) is 37.3 Å². The lowest BCUT2D eigenvalue weighted by atomic mass is 9.99. The summed E-state index contributed by atoms with van der Waals surface area (Å²) in [5, 5.41) is 0. The molecule has 0 spiro atoms. The third-order valence-electron chi connectivity index (χ3n) is 3.23. The summed E-state index contributed by atoms with van der Waals surface area (Å²) in [5.41, 5.74) is 4.17. The molecule has 3 nitrogen and oxygen atoms in total. The fourth-order valence-electron chi connectivity index (χ4n) is 2.14. The van der Waals surface area contributed by atoms with Gasteiger partial charge in [0.1, 0.15) is 11.6 Å². The molecule has 2 aromatic carbocycles. The highest BCUT2D eigenvalue weighted by molar-refractivity contribution is 9.10. The Labute approximate surface area is 139 Å². The highest BCUT2D eigenvalue weighted by Crippen LogP contribution is 2.31. The maximum Gasteiger partial charge on any atom is 0.129 e. The van der Waals surface area contributed by atoms with E-state index in [0.717, 1.165) is 15.8 Å². The van der Waals surface area contributed by atoms with Crippen molar-refractivity contribution in [1.82, 2.24) is 5.43 Å². The molecule has 0 heterocycles. The van der Waals surface area contributed by atoms with Gasteiger partial charge in [0.15, 0.2) is 0 Å². The second kappa shape index (κ2) is 7.35. The van der Waals surface area contributed by atoms with E-state index in [1.165, 1.54) is 6.07 Å². The molecule has 21 heavy (non-hydrogen) atoms. The standard InChI is InChI=1S/C15H15Br2FN2O/c1-21-10-5-6-11(16)9(7-10)8-14(20-19)15-12(17)3-2-4-13(15)18/h2-7,14,20H,8,19H2,1H3. The summed E-state index contributed by atoms with van der Waals surface area (Å²) in [5.74, 6) is 6.07. The van der Waals surface area contributed by atoms with Gasteiger partial charge in [0, 0.05) is 14.5 Å². The molecule has 112 valence electrons. The molecule has 0 saturated carbocycles. The predicted molar refractivity (Wildman–Crippen MR) is 88.6 cm³/mol. The maximum absolute atomic E-state index is 14.1. The van der Waals surface area contributed by atoms with Gasteiger partial charge in [0.2, 0.25) is 0 Å². The van der Waals surface area contributed by atoms with Crippen molar-refractivity contribution >= 4 is 31.9 Å². The van der Waals surface area contributed by atoms with Crippen molar-refractivity contribution in [3.8, 4) is 5.75 Å². The zero-order valence-corrected chi connectivity index (χ0v) is 14.5. The summed E-state index contributed by atoms with van der Waals surface area (Å²) in [6.45, 7) is 0. The summed E-state index contributed by atoms with van der Waals surface area (Å²) >= 11 is 6.87. The lowest BCUT2D eigenvalue weighted by Gasteiger charge is -2.19. The van der Waals surface area contributed by atoms with Gasteiger partial charge in [-0.25, -0.2) is 4.39 Å². The highest BCUT2D eigenvalue weighted by atomic mass is 79.9. The first-order valence-corrected chi connectivity index (χ1v) is 7.88. The molecule has 0 aromatic heterocycles. The summed E-state index contributed by atoms with van der Waals surface area (Å²) in [7, 11) is 1.61. The summed E-state index contributed by atoms with van der Waals surface area (Å²) in [6.07, 6.45) is 0.522. The van der Waals surface area contributed by atoms with Gasteiger partial charge in [0.25, 0.3) is 0 Å². The van der Waals surface area contributed by atoms with Crippen molar-refractivity contribution in [2.24, 2.45) is 5.84 Å². The molecule has 0 aliphatic carbocycles. The van der Waals surface area contributed by atoms with E-state index in [9.17, 15) is 4.39 Å². The number of benzene rings is 2. The number of hydrogen-bond donors (Lipinski definition) is 2. The normalized spacial score (nSPS) is 12.2. The molecule has 0 fully saturated rings. The molecule has 0 bridgehead atoms. The van der Waals surface area contributed by atoms with E-state index >= 15 is 0 Å². The molecular weight excluding hydrogens is 403 g/mol. The van der Waals surface area contributed by atoms with Gasteiger partial charge >= 0.3 is 0 Å². The molecule has 0 aliphatic heterocycles. The molecule has 2 aromatic rings. The Morgan fingerprint density at radius 2 is 2.00 bits per heavy atom. The molecule has 0 amide bonds. The number of halogens is 3. The Bertz CT molecular complexity index is 617. The lowest BCUT2D eigenvalue weighted by molar-refractivity contribution is 0.413. The summed E-state index contributed by atoms with van der Waals surface area (Å²) in [6, 6.07) is 10.2. The van der Waals surface area contributed by atoms with Crippen molar-refractivity contribution in [3.05, 3.63) is 62.3 Å². The Balaban J connectivity index is 2.36. The van der Waals surface area contributed by atoms with Crippen LogP contribution >= 0.6 is 31.9 Å². The SMILES string of the molecule is COc1ccc(Br)c(CC(NN)c2c(F)cccc2Br)c1. The Morgan fingerprint density at radius 3 is 2.62 bits per heavy atom. The van der Waals surface area contributed by atoms with E-state index in [0.29, 0.717) is 16.5 Å². The van der Waals surface area contributed by atoms with Crippen LogP contribution in [0, 0.1) is 5.82 Å². The number of hydrazine groups is 1. The number of methoxy groups -OCH3 is 1. The first-order valence-electron chi connectivity index (χ1n) is 6.29. The highest BCUT2D eigenvalue weighted by Gasteiger charge is 2.19. The van der Waals surface area contributed by atoms with Gasteiger partial charge in [-0.05, 0) is 42.3 Å². The number of nitrogens with two attached hydrogens (primary N) is 1. The molecule has 1 atom stereocenters. The fourth-order valence-corrected chi connectivity index (χ4v) is 3.17. The number of hydrogen-bond acceptors (Lipinski definition) is 3. The maximum atomic E-state index is 14.1. The minimum absolute atomic E-state index is 0.300. The van der Waals surface area contributed by atoms with Crippen LogP contribution in [-0.4, -0.2) is 7.11 Å². The third-order valence-corrected chi connectivity index (χ3v) is 4.69. The van der Waals surface area contributed by atoms with E-state index in [4.69, 9.17) is 10.6 Å². The zero-order chi connectivity index (χ0) is 15.4. The van der Waals surface area contributed by atoms with Crippen molar-refractivity contribution in [2.45, 2.75) is 12.5 Å². The molecule has 6 heteroatoms. The van der Waals surface area contributed by atoms with Crippen LogP contribution < -0.4 is 16.0 Å². The van der Waals surface area contributed by atoms with Crippen LogP contribution in [0.3, 0.4) is 0 Å². The van der Waals surface area contributed by atoms with E-state index in [1.807, 2.05) is 18.2 Å². The first kappa shape index (κ1) is 16.4. The van der Waals surface area contributed by atoms with Gasteiger partial charge in [0.05, 0.1) is 13.2 Å². The second-order valence-electron chi connectivity index (χ2n) is 4.52. The molecule has 0 radical (unpaired) electrons. The van der Waals surface area contributed by atoms with E-state index in [-0.39, 0.29) is 11.9 Å². The van der Waals surface area contributed by atoms with Crippen LogP contribution in [0.5, 0.6) is 5.75 Å². The Hall–Kier alpha value is -0.950. The van der Waals surface area contributed by atoms with Crippen molar-refractivity contribution in [1.29, 1.82) is 0 Å². The van der Waals surface area contributed by atoms with Crippen LogP contribution in [0.4, 0.5) is 4.39 Å². The lowest BCUT2D eigenvalue weighted by Crippen LogP contribution is -2.30. The molecule has 2 rings (SSSR count). The third kappa shape index (κ3) is 3.83. The van der Waals surface area contributed by atoms with E-state index < -0.39 is 0 Å². The van der Waals surface area contributed by atoms with Crippen LogP contribution in [0.2, 0.25) is 0 Å². The Morgan fingerprint density at radius 1 is 1.24 bits per heavy atom. The van der Waals surface area contributed by atoms with Gasteiger partial charge in [-0.2, -0.15) is 0 Å². The van der Waals surface area contributed by atoms with Gasteiger partial charge < -0.3 is 4.74 Å². The fraction of sp³-hybridized carbons (Fsp3) is 0.200. The molecule has 1 unspecified atom stereocenters. The van der Waals surface area contributed by atoms with Crippen LogP contribution in [0.25, 0.3) is 0 Å². The largest absolute Gasteiger partial charge is 0.497 e. The number of ether oxygens (including phenoxy) is 1. The molecular formula is C15H15Br2FN2O. The number of rotatable bonds is 5. The monoisotopic (exact) mass is 416 g/mol. The quantitative estimate of drug-likeness (QED) is 0.568. The second-order valence-corrected chi connectivity index (χ2v) is 6.22. The average Bonchev–Trinajstić information content (AvgIpc) is 2.47. The topological polar surface area (TPSA) is 47.3 Å². The van der Waals surface area contributed by atoms with Gasteiger partial charge in [-0.15, -0.1) is 0 Å². The van der Waals surface area contributed by atoms with Crippen LogP contribution in [0.15, 0.2) is 45.3 Å². The number of nitrogens with one attached hydrogen (secondary N) is 1. The zero-order valence-electron chi connectivity index (χ0n) is 11.4. The van der Waals surface area contributed by atoms with Crippen LogP contribution in [0.1, 0.15) is 17.2 Å². The predicted octanol–water partition coefficient (Wildman–Crippen LogP) is 4.11. The van der Waals surface area contributed by atoms with Crippen molar-refractivity contribution < 1.29 is 9.13 Å². The molecule has 3 N–H and O–H groups in total. The minimum Gasteiger partial charge on any atom is -0.497 e. The summed E-state index contributed by atoms with van der Waals surface area (Å²) in [4.78, 5) is 0. The smallest absolute Gasteiger partial charge is 0.129 e. The summed E-state index contributed by atoms with van der Waals surface area (Å²) < 4.78 is 20.9. The van der Waals surface area contributed by atoms with E-state index in [1.54, 1.807) is 19.2 Å². The van der Waals surface area contributed by atoms with Crippen molar-refractivity contribution in [2.75, 3.05) is 7.11 Å². The van der Waals surface area contributed by atoms with Gasteiger partial charge in [-0.3, -0.25) is 11.3 Å². The molecule has 0 saturated heterocycles. The minimum atomic E-state index is -0.357. The van der Waals surface area contributed by atoms with Crippen molar-refractivity contribution in [3.63, 3.8) is 0 Å². The van der Waals surface area contributed by atoms with Crippen LogP contribution in [-0.2, 0) is 6.42 Å². The molecule has 0 aliphatic rings. The van der Waals surface area contributed by atoms with Gasteiger partial charge in [-0.1, -0.05) is 37.9 Å². The average molecular weight is 418 g/mol.